The number of halogens is 2. The van der Waals surface area contributed by atoms with E-state index in [1.54, 1.807) is 11.0 Å². The highest BCUT2D eigenvalue weighted by atomic mass is 32.1. The summed E-state index contributed by atoms with van der Waals surface area (Å²) in [6, 6.07) is 6.53. The molecule has 4 nitrogen and oxygen atoms in total. The summed E-state index contributed by atoms with van der Waals surface area (Å²) in [7, 11) is 0. The van der Waals surface area contributed by atoms with Crippen molar-refractivity contribution < 1.29 is 18.4 Å². The Bertz CT molecular complexity index is 721. The van der Waals surface area contributed by atoms with Gasteiger partial charge in [-0.1, -0.05) is 6.07 Å². The molecule has 2 aromatic rings. The number of piperidine rings is 1. The molecule has 1 N–H and O–H groups in total. The van der Waals surface area contributed by atoms with Gasteiger partial charge in [-0.25, -0.2) is 8.78 Å². The van der Waals surface area contributed by atoms with Crippen molar-refractivity contribution in [3.63, 3.8) is 0 Å². The van der Waals surface area contributed by atoms with Crippen molar-refractivity contribution in [2.45, 2.75) is 12.8 Å². The van der Waals surface area contributed by atoms with Gasteiger partial charge in [-0.15, -0.1) is 11.3 Å². The van der Waals surface area contributed by atoms with E-state index in [1.165, 1.54) is 11.3 Å². The summed E-state index contributed by atoms with van der Waals surface area (Å²) in [4.78, 5) is 26.9. The van der Waals surface area contributed by atoms with Crippen LogP contribution < -0.4 is 5.32 Å². The summed E-state index contributed by atoms with van der Waals surface area (Å²) in [6.45, 7) is 0.985. The number of amides is 2. The Labute approximate surface area is 142 Å². The van der Waals surface area contributed by atoms with E-state index in [-0.39, 0.29) is 23.4 Å². The Balaban J connectivity index is 1.56. The number of nitrogens with one attached hydrogen (secondary N) is 1. The van der Waals surface area contributed by atoms with Crippen molar-refractivity contribution in [2.24, 2.45) is 5.92 Å². The normalized spacial score (nSPS) is 15.3. The van der Waals surface area contributed by atoms with Gasteiger partial charge >= 0.3 is 0 Å². The third kappa shape index (κ3) is 3.79. The first-order valence-electron chi connectivity index (χ1n) is 7.62. The number of benzene rings is 1. The van der Waals surface area contributed by atoms with Gasteiger partial charge in [0.05, 0.1) is 4.88 Å². The molecule has 0 spiro atoms. The number of thiophene rings is 1. The minimum atomic E-state index is -0.735. The van der Waals surface area contributed by atoms with E-state index in [4.69, 9.17) is 0 Å². The van der Waals surface area contributed by atoms with E-state index in [0.29, 0.717) is 30.8 Å². The highest BCUT2D eigenvalue weighted by molar-refractivity contribution is 7.12. The third-order valence-electron chi connectivity index (χ3n) is 4.02. The monoisotopic (exact) mass is 350 g/mol. The molecule has 2 amide bonds. The highest BCUT2D eigenvalue weighted by Crippen LogP contribution is 2.22. The molecule has 1 aromatic carbocycles. The molecule has 126 valence electrons. The molecule has 0 radical (unpaired) electrons. The van der Waals surface area contributed by atoms with Gasteiger partial charge in [0.25, 0.3) is 5.91 Å². The predicted octanol–water partition coefficient (Wildman–Crippen LogP) is 3.52. The average Bonchev–Trinajstić information content (AvgIpc) is 3.07. The number of carbonyl (C=O) groups is 2. The van der Waals surface area contributed by atoms with E-state index < -0.39 is 11.6 Å². The Morgan fingerprint density at radius 1 is 1.12 bits per heavy atom. The maximum absolute atomic E-state index is 13.2. The fourth-order valence-electron chi connectivity index (χ4n) is 2.77. The van der Waals surface area contributed by atoms with Crippen LogP contribution in [0, 0.1) is 17.6 Å². The molecule has 1 fully saturated rings. The number of hydrogen-bond donors (Lipinski definition) is 1. The SMILES string of the molecule is O=C(Nc1cc(F)cc(F)c1)C1CCN(C(=O)c2cccs2)CC1. The van der Waals surface area contributed by atoms with Crippen molar-refractivity contribution in [1.29, 1.82) is 0 Å². The Morgan fingerprint density at radius 2 is 1.79 bits per heavy atom. The molecule has 1 aromatic heterocycles. The topological polar surface area (TPSA) is 49.4 Å². The van der Waals surface area contributed by atoms with Crippen LogP contribution >= 0.6 is 11.3 Å². The molecule has 1 aliphatic heterocycles. The van der Waals surface area contributed by atoms with Crippen LogP contribution in [0.25, 0.3) is 0 Å². The number of carbonyl (C=O) groups excluding carboxylic acids is 2. The lowest BCUT2D eigenvalue weighted by Crippen LogP contribution is -2.41. The van der Waals surface area contributed by atoms with Crippen LogP contribution in [-0.2, 0) is 4.79 Å². The van der Waals surface area contributed by atoms with Gasteiger partial charge in [-0.3, -0.25) is 9.59 Å². The summed E-state index contributed by atoms with van der Waals surface area (Å²) < 4.78 is 26.3. The van der Waals surface area contributed by atoms with Gasteiger partial charge in [-0.2, -0.15) is 0 Å². The van der Waals surface area contributed by atoms with Gasteiger partial charge in [0.15, 0.2) is 0 Å². The molecular formula is C17H16F2N2O2S. The van der Waals surface area contributed by atoms with E-state index in [1.807, 2.05) is 11.4 Å². The minimum Gasteiger partial charge on any atom is -0.338 e. The Hall–Kier alpha value is -2.28. The van der Waals surface area contributed by atoms with Crippen molar-refractivity contribution in [2.75, 3.05) is 18.4 Å². The summed E-state index contributed by atoms with van der Waals surface area (Å²) in [5, 5.41) is 4.40. The van der Waals surface area contributed by atoms with E-state index in [9.17, 15) is 18.4 Å². The fourth-order valence-corrected chi connectivity index (χ4v) is 3.46. The second-order valence-electron chi connectivity index (χ2n) is 5.69. The zero-order valence-corrected chi connectivity index (χ0v) is 13.6. The molecule has 0 saturated carbocycles. The Morgan fingerprint density at radius 3 is 2.38 bits per heavy atom. The van der Waals surface area contributed by atoms with Crippen LogP contribution in [0.1, 0.15) is 22.5 Å². The second kappa shape index (κ2) is 7.09. The standard InChI is InChI=1S/C17H16F2N2O2S/c18-12-8-13(19)10-14(9-12)20-16(22)11-3-5-21(6-4-11)17(23)15-2-1-7-24-15/h1-2,7-11H,3-6H2,(H,20,22). The van der Waals surface area contributed by atoms with Gasteiger partial charge in [0.2, 0.25) is 5.91 Å². The smallest absolute Gasteiger partial charge is 0.263 e. The molecule has 1 saturated heterocycles. The van der Waals surface area contributed by atoms with Crippen LogP contribution in [0.15, 0.2) is 35.7 Å². The van der Waals surface area contributed by atoms with Crippen molar-refractivity contribution in [3.8, 4) is 0 Å². The lowest BCUT2D eigenvalue weighted by molar-refractivity contribution is -0.121. The molecule has 1 aliphatic rings. The predicted molar refractivity (Wildman–Crippen MR) is 87.9 cm³/mol. The zero-order valence-electron chi connectivity index (χ0n) is 12.8. The second-order valence-corrected chi connectivity index (χ2v) is 6.64. The van der Waals surface area contributed by atoms with Crippen LogP contribution in [0.2, 0.25) is 0 Å². The van der Waals surface area contributed by atoms with E-state index >= 15 is 0 Å². The lowest BCUT2D eigenvalue weighted by atomic mass is 9.95. The first kappa shape index (κ1) is 16.6. The third-order valence-corrected chi connectivity index (χ3v) is 4.87. The molecule has 0 bridgehead atoms. The summed E-state index contributed by atoms with van der Waals surface area (Å²) in [5.41, 5.74) is 0.106. The first-order valence-corrected chi connectivity index (χ1v) is 8.50. The molecular weight excluding hydrogens is 334 g/mol. The summed E-state index contributed by atoms with van der Waals surface area (Å²) in [6.07, 6.45) is 1.06. The maximum atomic E-state index is 13.2. The van der Waals surface area contributed by atoms with Gasteiger partial charge < -0.3 is 10.2 Å². The van der Waals surface area contributed by atoms with Crippen molar-refractivity contribution >= 4 is 28.8 Å². The maximum Gasteiger partial charge on any atom is 0.263 e. The molecule has 2 heterocycles. The largest absolute Gasteiger partial charge is 0.338 e. The number of rotatable bonds is 3. The minimum absolute atomic E-state index is 0.0175. The number of anilines is 1. The first-order chi connectivity index (χ1) is 11.5. The number of likely N-dealkylation sites (tertiary alicyclic amines) is 1. The van der Waals surface area contributed by atoms with Crippen LogP contribution in [0.3, 0.4) is 0 Å². The average molecular weight is 350 g/mol. The lowest BCUT2D eigenvalue weighted by Gasteiger charge is -2.31. The molecule has 0 unspecified atom stereocenters. The van der Waals surface area contributed by atoms with Crippen LogP contribution in [0.5, 0.6) is 0 Å². The number of hydrogen-bond acceptors (Lipinski definition) is 3. The quantitative estimate of drug-likeness (QED) is 0.921. The molecule has 0 atom stereocenters. The van der Waals surface area contributed by atoms with Gasteiger partial charge in [0.1, 0.15) is 11.6 Å². The van der Waals surface area contributed by atoms with E-state index in [2.05, 4.69) is 5.32 Å². The molecule has 7 heteroatoms. The highest BCUT2D eigenvalue weighted by Gasteiger charge is 2.28. The van der Waals surface area contributed by atoms with Crippen LogP contribution in [-0.4, -0.2) is 29.8 Å². The van der Waals surface area contributed by atoms with Gasteiger partial charge in [0, 0.05) is 30.8 Å². The Kier molecular flexibility index (Phi) is 4.89. The summed E-state index contributed by atoms with van der Waals surface area (Å²) >= 11 is 1.39. The zero-order chi connectivity index (χ0) is 17.1. The molecule has 0 aliphatic carbocycles. The molecule has 24 heavy (non-hydrogen) atoms. The van der Waals surface area contributed by atoms with Crippen molar-refractivity contribution in [1.82, 2.24) is 4.90 Å². The van der Waals surface area contributed by atoms with Crippen LogP contribution in [0.4, 0.5) is 14.5 Å². The molecule has 3 rings (SSSR count). The summed E-state index contributed by atoms with van der Waals surface area (Å²) in [5.74, 6) is -2.04. The van der Waals surface area contributed by atoms with Crippen molar-refractivity contribution in [3.05, 3.63) is 52.2 Å². The fraction of sp³-hybridized carbons (Fsp3) is 0.294. The van der Waals surface area contributed by atoms with Gasteiger partial charge in [-0.05, 0) is 36.4 Å². The van der Waals surface area contributed by atoms with E-state index in [0.717, 1.165) is 18.2 Å². The number of nitrogens with zero attached hydrogens (tertiary/aromatic N) is 1.